The number of ether oxygens (including phenoxy) is 1. The van der Waals surface area contributed by atoms with Crippen molar-refractivity contribution in [1.29, 1.82) is 0 Å². The first kappa shape index (κ1) is 12.5. The molecule has 90 valence electrons. The zero-order chi connectivity index (χ0) is 11.4. The molecule has 2 rings (SSSR count). The number of nitrogens with one attached hydrogen (secondary N) is 1. The number of hydrogen-bond acceptors (Lipinski definition) is 4. The lowest BCUT2D eigenvalue weighted by molar-refractivity contribution is -0.00984. The van der Waals surface area contributed by atoms with Gasteiger partial charge in [0, 0.05) is 40.4 Å². The molecule has 2 heterocycles. The van der Waals surface area contributed by atoms with Crippen LogP contribution in [-0.4, -0.2) is 44.3 Å². The molecule has 1 fully saturated rings. The van der Waals surface area contributed by atoms with Crippen LogP contribution >= 0.6 is 27.3 Å². The molecule has 5 heteroatoms. The van der Waals surface area contributed by atoms with Crippen LogP contribution in [0.5, 0.6) is 0 Å². The monoisotopic (exact) mass is 304 g/mol. The van der Waals surface area contributed by atoms with Crippen LogP contribution in [0.4, 0.5) is 0 Å². The molecular weight excluding hydrogens is 288 g/mol. The van der Waals surface area contributed by atoms with E-state index in [1.807, 2.05) is 18.4 Å². The molecular formula is C11H17BrN2OS. The summed E-state index contributed by atoms with van der Waals surface area (Å²) in [5.74, 6) is 0. The van der Waals surface area contributed by atoms with Gasteiger partial charge in [0.1, 0.15) is 0 Å². The smallest absolute Gasteiger partial charge is 0.0635 e. The molecule has 0 amide bonds. The molecule has 0 radical (unpaired) electrons. The first-order valence-corrected chi connectivity index (χ1v) is 7.16. The lowest BCUT2D eigenvalue weighted by atomic mass is 10.2. The molecule has 1 saturated heterocycles. The Kier molecular flexibility index (Phi) is 4.79. The minimum Gasteiger partial charge on any atom is -0.378 e. The SMILES string of the molecule is CNCC1COCCN1Cc1cc(Br)cs1. The van der Waals surface area contributed by atoms with Crippen molar-refractivity contribution in [2.24, 2.45) is 0 Å². The summed E-state index contributed by atoms with van der Waals surface area (Å²) in [6, 6.07) is 2.70. The highest BCUT2D eigenvalue weighted by Crippen LogP contribution is 2.22. The van der Waals surface area contributed by atoms with Crippen LogP contribution in [-0.2, 0) is 11.3 Å². The lowest BCUT2D eigenvalue weighted by Crippen LogP contribution is -2.49. The summed E-state index contributed by atoms with van der Waals surface area (Å²) in [5.41, 5.74) is 0. The molecule has 1 atom stereocenters. The van der Waals surface area contributed by atoms with E-state index in [-0.39, 0.29) is 0 Å². The van der Waals surface area contributed by atoms with E-state index >= 15 is 0 Å². The number of thiophene rings is 1. The van der Waals surface area contributed by atoms with Gasteiger partial charge in [0.2, 0.25) is 0 Å². The van der Waals surface area contributed by atoms with Crippen LogP contribution in [0, 0.1) is 0 Å². The third-order valence-electron chi connectivity index (χ3n) is 2.77. The average Bonchev–Trinajstić information content (AvgIpc) is 2.67. The second kappa shape index (κ2) is 6.12. The second-order valence-corrected chi connectivity index (χ2v) is 5.90. The van der Waals surface area contributed by atoms with Gasteiger partial charge in [-0.3, -0.25) is 4.90 Å². The normalized spacial score (nSPS) is 22.5. The first-order chi connectivity index (χ1) is 7.79. The Bertz CT molecular complexity index is 330. The summed E-state index contributed by atoms with van der Waals surface area (Å²) in [6.45, 7) is 4.75. The Morgan fingerprint density at radius 2 is 2.56 bits per heavy atom. The molecule has 1 aliphatic rings. The minimum atomic E-state index is 0.500. The van der Waals surface area contributed by atoms with Crippen molar-refractivity contribution in [1.82, 2.24) is 10.2 Å². The number of nitrogens with zero attached hydrogens (tertiary/aromatic N) is 1. The largest absolute Gasteiger partial charge is 0.378 e. The first-order valence-electron chi connectivity index (χ1n) is 5.49. The average molecular weight is 305 g/mol. The molecule has 0 aliphatic carbocycles. The predicted molar refractivity (Wildman–Crippen MR) is 71.0 cm³/mol. The molecule has 1 N–H and O–H groups in total. The number of hydrogen-bond donors (Lipinski definition) is 1. The summed E-state index contributed by atoms with van der Waals surface area (Å²) < 4.78 is 6.71. The Labute approximate surface area is 109 Å². The van der Waals surface area contributed by atoms with Crippen LogP contribution < -0.4 is 5.32 Å². The molecule has 0 saturated carbocycles. The van der Waals surface area contributed by atoms with E-state index in [1.165, 1.54) is 9.35 Å². The number of halogens is 1. The quantitative estimate of drug-likeness (QED) is 0.920. The van der Waals surface area contributed by atoms with Gasteiger partial charge in [0.05, 0.1) is 13.2 Å². The molecule has 0 spiro atoms. The van der Waals surface area contributed by atoms with Crippen LogP contribution in [0.3, 0.4) is 0 Å². The van der Waals surface area contributed by atoms with E-state index in [0.717, 1.165) is 32.8 Å². The van der Waals surface area contributed by atoms with Gasteiger partial charge in [0.15, 0.2) is 0 Å². The Balaban J connectivity index is 1.95. The van der Waals surface area contributed by atoms with Gasteiger partial charge >= 0.3 is 0 Å². The maximum absolute atomic E-state index is 5.52. The fourth-order valence-corrected chi connectivity index (χ4v) is 3.43. The predicted octanol–water partition coefficient (Wildman–Crippen LogP) is 1.93. The molecule has 3 nitrogen and oxygen atoms in total. The van der Waals surface area contributed by atoms with E-state index in [4.69, 9.17) is 4.74 Å². The molecule has 1 aliphatic heterocycles. The number of rotatable bonds is 4. The van der Waals surface area contributed by atoms with Crippen molar-refractivity contribution in [2.45, 2.75) is 12.6 Å². The summed E-state index contributed by atoms with van der Waals surface area (Å²) in [5, 5.41) is 5.37. The molecule has 1 unspecified atom stereocenters. The van der Waals surface area contributed by atoms with Gasteiger partial charge in [0.25, 0.3) is 0 Å². The van der Waals surface area contributed by atoms with Gasteiger partial charge in [-0.05, 0) is 29.0 Å². The van der Waals surface area contributed by atoms with Crippen molar-refractivity contribution in [3.63, 3.8) is 0 Å². The highest BCUT2D eigenvalue weighted by atomic mass is 79.9. The molecule has 0 aromatic carbocycles. The maximum atomic E-state index is 5.52. The minimum absolute atomic E-state index is 0.500. The van der Waals surface area contributed by atoms with E-state index in [0.29, 0.717) is 6.04 Å². The van der Waals surface area contributed by atoms with Gasteiger partial charge in [-0.2, -0.15) is 0 Å². The number of likely N-dealkylation sites (N-methyl/N-ethyl adjacent to an activating group) is 1. The summed E-state index contributed by atoms with van der Waals surface area (Å²) in [4.78, 5) is 3.91. The Hall–Kier alpha value is 0.0600. The van der Waals surface area contributed by atoms with Crippen molar-refractivity contribution in [2.75, 3.05) is 33.4 Å². The van der Waals surface area contributed by atoms with Crippen LogP contribution in [0.2, 0.25) is 0 Å². The second-order valence-electron chi connectivity index (χ2n) is 3.99. The highest BCUT2D eigenvalue weighted by Gasteiger charge is 2.22. The van der Waals surface area contributed by atoms with Crippen molar-refractivity contribution in [3.05, 3.63) is 20.8 Å². The van der Waals surface area contributed by atoms with E-state index in [2.05, 4.69) is 37.6 Å². The fourth-order valence-electron chi connectivity index (χ4n) is 1.96. The maximum Gasteiger partial charge on any atom is 0.0635 e. The zero-order valence-electron chi connectivity index (χ0n) is 9.41. The molecule has 0 bridgehead atoms. The summed E-state index contributed by atoms with van der Waals surface area (Å²) in [6.07, 6.45) is 0. The van der Waals surface area contributed by atoms with E-state index in [1.54, 1.807) is 0 Å². The molecule has 1 aromatic heterocycles. The number of morpholine rings is 1. The topological polar surface area (TPSA) is 24.5 Å². The molecule has 16 heavy (non-hydrogen) atoms. The van der Waals surface area contributed by atoms with E-state index < -0.39 is 0 Å². The van der Waals surface area contributed by atoms with Gasteiger partial charge in [-0.15, -0.1) is 11.3 Å². The van der Waals surface area contributed by atoms with Crippen LogP contribution in [0.1, 0.15) is 4.88 Å². The standard InChI is InChI=1S/C11H17BrN2OS/c1-13-5-10-7-15-3-2-14(10)6-11-4-9(12)8-16-11/h4,8,10,13H,2-3,5-7H2,1H3. The highest BCUT2D eigenvalue weighted by molar-refractivity contribution is 9.10. The lowest BCUT2D eigenvalue weighted by Gasteiger charge is -2.35. The van der Waals surface area contributed by atoms with Crippen molar-refractivity contribution < 1.29 is 4.74 Å². The Morgan fingerprint density at radius 3 is 3.25 bits per heavy atom. The third kappa shape index (κ3) is 3.28. The van der Waals surface area contributed by atoms with Gasteiger partial charge < -0.3 is 10.1 Å². The van der Waals surface area contributed by atoms with Crippen LogP contribution in [0.15, 0.2) is 15.9 Å². The zero-order valence-corrected chi connectivity index (χ0v) is 11.8. The van der Waals surface area contributed by atoms with Gasteiger partial charge in [-0.1, -0.05) is 0 Å². The molecule has 1 aromatic rings. The summed E-state index contributed by atoms with van der Waals surface area (Å²) >= 11 is 5.31. The van der Waals surface area contributed by atoms with Crippen LogP contribution in [0.25, 0.3) is 0 Å². The van der Waals surface area contributed by atoms with Gasteiger partial charge in [-0.25, -0.2) is 0 Å². The Morgan fingerprint density at radius 1 is 1.69 bits per heavy atom. The van der Waals surface area contributed by atoms with E-state index in [9.17, 15) is 0 Å². The van der Waals surface area contributed by atoms with Crippen molar-refractivity contribution >= 4 is 27.3 Å². The summed E-state index contributed by atoms with van der Waals surface area (Å²) in [7, 11) is 1.99. The third-order valence-corrected chi connectivity index (χ3v) is 4.45. The van der Waals surface area contributed by atoms with Crippen molar-refractivity contribution in [3.8, 4) is 0 Å². The fraction of sp³-hybridized carbons (Fsp3) is 0.636.